The summed E-state index contributed by atoms with van der Waals surface area (Å²) < 4.78 is 10.8. The Morgan fingerprint density at radius 2 is 2.36 bits per heavy atom. The van der Waals surface area contributed by atoms with Gasteiger partial charge in [0.2, 0.25) is 11.0 Å². The van der Waals surface area contributed by atoms with Crippen LogP contribution in [0.15, 0.2) is 0 Å². The number of aromatic nitrogens is 2. The molecule has 3 heterocycles. The number of aryl methyl sites for hydroxylation is 1. The highest BCUT2D eigenvalue weighted by Gasteiger charge is 2.44. The number of fused-ring (bicyclic) bond motifs is 1. The van der Waals surface area contributed by atoms with Crippen molar-refractivity contribution in [2.24, 2.45) is 11.8 Å². The number of hydrogen-bond donors (Lipinski definition) is 1. The molecule has 7 nitrogen and oxygen atoms in total. The van der Waals surface area contributed by atoms with Crippen molar-refractivity contribution >= 4 is 22.4 Å². The maximum atomic E-state index is 12.5. The molecule has 0 spiro atoms. The van der Waals surface area contributed by atoms with Crippen LogP contribution in [0.25, 0.3) is 0 Å². The van der Waals surface area contributed by atoms with Crippen molar-refractivity contribution in [1.82, 2.24) is 15.5 Å². The molecule has 1 aromatic heterocycles. The van der Waals surface area contributed by atoms with Gasteiger partial charge in [-0.2, -0.15) is 0 Å². The Balaban J connectivity index is 1.70. The molecule has 0 bridgehead atoms. The third-order valence-electron chi connectivity index (χ3n) is 4.32. The molecule has 1 amide bonds. The summed E-state index contributed by atoms with van der Waals surface area (Å²) in [6.07, 6.45) is 1.06. The maximum Gasteiger partial charge on any atom is 0.225 e. The van der Waals surface area contributed by atoms with Gasteiger partial charge in [-0.15, -0.1) is 10.2 Å². The fraction of sp³-hybridized carbons (Fsp3) is 0.786. The van der Waals surface area contributed by atoms with Crippen molar-refractivity contribution in [1.29, 1.82) is 0 Å². The number of carbonyl (C=O) groups is 1. The van der Waals surface area contributed by atoms with E-state index in [9.17, 15) is 4.79 Å². The summed E-state index contributed by atoms with van der Waals surface area (Å²) in [6.45, 7) is 5.22. The van der Waals surface area contributed by atoms with Gasteiger partial charge in [0.25, 0.3) is 0 Å². The number of amides is 1. The fourth-order valence-corrected chi connectivity index (χ4v) is 3.94. The van der Waals surface area contributed by atoms with Crippen LogP contribution in [0.3, 0.4) is 0 Å². The minimum atomic E-state index is -0.0673. The summed E-state index contributed by atoms with van der Waals surface area (Å²) in [5.41, 5.74) is 0. The number of anilines is 1. The van der Waals surface area contributed by atoms with Gasteiger partial charge >= 0.3 is 0 Å². The van der Waals surface area contributed by atoms with E-state index in [1.165, 1.54) is 0 Å². The Morgan fingerprint density at radius 1 is 1.50 bits per heavy atom. The van der Waals surface area contributed by atoms with Crippen LogP contribution in [0, 0.1) is 18.8 Å². The Labute approximate surface area is 134 Å². The average molecular weight is 326 g/mol. The molecule has 0 aliphatic carbocycles. The second kappa shape index (κ2) is 6.89. The summed E-state index contributed by atoms with van der Waals surface area (Å²) in [7, 11) is 1.63. The number of piperidine rings is 1. The standard InChI is InChI=1S/C14H22N4O3S/c1-9-16-17-14(22-9)18-7-11(13(19)15-4-6-20-2)10-3-5-21-12(10)8-18/h10-12H,3-8H2,1-2H3,(H,15,19)/t10-,11+,12+/m1/s1. The lowest BCUT2D eigenvalue weighted by atomic mass is 9.82. The molecule has 122 valence electrons. The molecule has 2 saturated heterocycles. The molecule has 0 radical (unpaired) electrons. The molecule has 0 aromatic carbocycles. The lowest BCUT2D eigenvalue weighted by Crippen LogP contribution is -2.53. The van der Waals surface area contributed by atoms with Crippen molar-refractivity contribution < 1.29 is 14.3 Å². The van der Waals surface area contributed by atoms with E-state index in [1.807, 2.05) is 6.92 Å². The van der Waals surface area contributed by atoms with Crippen molar-refractivity contribution in [3.8, 4) is 0 Å². The zero-order chi connectivity index (χ0) is 15.5. The third-order valence-corrected chi connectivity index (χ3v) is 5.22. The average Bonchev–Trinajstić information content (AvgIpc) is 3.14. The van der Waals surface area contributed by atoms with E-state index in [0.717, 1.165) is 29.7 Å². The summed E-state index contributed by atoms with van der Waals surface area (Å²) in [5, 5.41) is 13.1. The molecule has 8 heteroatoms. The lowest BCUT2D eigenvalue weighted by molar-refractivity contribution is -0.128. The molecular weight excluding hydrogens is 304 g/mol. The molecule has 22 heavy (non-hydrogen) atoms. The summed E-state index contributed by atoms with van der Waals surface area (Å²) in [4.78, 5) is 14.7. The first-order valence-electron chi connectivity index (χ1n) is 7.62. The largest absolute Gasteiger partial charge is 0.383 e. The highest BCUT2D eigenvalue weighted by molar-refractivity contribution is 7.15. The van der Waals surface area contributed by atoms with E-state index in [-0.39, 0.29) is 17.9 Å². The van der Waals surface area contributed by atoms with Crippen LogP contribution < -0.4 is 10.2 Å². The molecule has 3 rings (SSSR count). The molecule has 1 aromatic rings. The number of ether oxygens (including phenoxy) is 2. The number of hydrogen-bond acceptors (Lipinski definition) is 7. The van der Waals surface area contributed by atoms with Gasteiger partial charge in [-0.3, -0.25) is 4.79 Å². The Kier molecular flexibility index (Phi) is 4.90. The minimum absolute atomic E-state index is 0.0673. The van der Waals surface area contributed by atoms with Crippen LogP contribution in [0.1, 0.15) is 11.4 Å². The second-order valence-electron chi connectivity index (χ2n) is 5.76. The molecule has 2 aliphatic rings. The maximum absolute atomic E-state index is 12.5. The predicted molar refractivity (Wildman–Crippen MR) is 83.1 cm³/mol. The van der Waals surface area contributed by atoms with Crippen LogP contribution in [0.5, 0.6) is 0 Å². The second-order valence-corrected chi connectivity index (χ2v) is 6.92. The first kappa shape index (κ1) is 15.6. The Morgan fingerprint density at radius 3 is 3.09 bits per heavy atom. The van der Waals surface area contributed by atoms with Crippen LogP contribution in [0.4, 0.5) is 5.13 Å². The highest BCUT2D eigenvalue weighted by atomic mass is 32.1. The van der Waals surface area contributed by atoms with Gasteiger partial charge in [0.1, 0.15) is 5.01 Å². The predicted octanol–water partition coefficient (Wildman–Crippen LogP) is 0.450. The van der Waals surface area contributed by atoms with Gasteiger partial charge in [0.15, 0.2) is 0 Å². The number of methoxy groups -OCH3 is 1. The monoisotopic (exact) mass is 326 g/mol. The molecular formula is C14H22N4O3S. The summed E-state index contributed by atoms with van der Waals surface area (Å²) >= 11 is 1.56. The van der Waals surface area contributed by atoms with E-state index in [2.05, 4.69) is 20.4 Å². The number of nitrogens with one attached hydrogen (secondary N) is 1. The fourth-order valence-electron chi connectivity index (χ4n) is 3.23. The highest BCUT2D eigenvalue weighted by Crippen LogP contribution is 2.36. The molecule has 3 atom stereocenters. The van der Waals surface area contributed by atoms with Crippen LogP contribution in [0.2, 0.25) is 0 Å². The number of carbonyl (C=O) groups excluding carboxylic acids is 1. The van der Waals surface area contributed by atoms with E-state index in [0.29, 0.717) is 25.6 Å². The molecule has 0 saturated carbocycles. The van der Waals surface area contributed by atoms with E-state index in [1.54, 1.807) is 18.4 Å². The quantitative estimate of drug-likeness (QED) is 0.792. The van der Waals surface area contributed by atoms with Crippen LogP contribution in [-0.4, -0.2) is 62.2 Å². The van der Waals surface area contributed by atoms with E-state index in [4.69, 9.17) is 9.47 Å². The number of nitrogens with zero attached hydrogens (tertiary/aromatic N) is 3. The van der Waals surface area contributed by atoms with Gasteiger partial charge in [-0.05, 0) is 13.3 Å². The smallest absolute Gasteiger partial charge is 0.225 e. The van der Waals surface area contributed by atoms with Gasteiger partial charge in [-0.1, -0.05) is 11.3 Å². The Bertz CT molecular complexity index is 524. The molecule has 2 aliphatic heterocycles. The van der Waals surface area contributed by atoms with Gasteiger partial charge < -0.3 is 19.7 Å². The summed E-state index contributed by atoms with van der Waals surface area (Å²) in [6, 6.07) is 0. The van der Waals surface area contributed by atoms with Gasteiger partial charge in [0, 0.05) is 39.3 Å². The van der Waals surface area contributed by atoms with Gasteiger partial charge in [0.05, 0.1) is 18.6 Å². The zero-order valence-electron chi connectivity index (χ0n) is 12.9. The first-order valence-corrected chi connectivity index (χ1v) is 8.44. The van der Waals surface area contributed by atoms with Crippen molar-refractivity contribution in [3.05, 3.63) is 5.01 Å². The first-order chi connectivity index (χ1) is 10.7. The van der Waals surface area contributed by atoms with Crippen molar-refractivity contribution in [2.45, 2.75) is 19.4 Å². The number of rotatable bonds is 5. The topological polar surface area (TPSA) is 76.6 Å². The third kappa shape index (κ3) is 3.23. The van der Waals surface area contributed by atoms with Crippen molar-refractivity contribution in [2.75, 3.05) is 44.9 Å². The normalized spacial score (nSPS) is 27.7. The minimum Gasteiger partial charge on any atom is -0.383 e. The van der Waals surface area contributed by atoms with E-state index >= 15 is 0 Å². The summed E-state index contributed by atoms with van der Waals surface area (Å²) in [5.74, 6) is 0.318. The molecule has 1 N–H and O–H groups in total. The van der Waals surface area contributed by atoms with Crippen LogP contribution >= 0.6 is 11.3 Å². The lowest BCUT2D eigenvalue weighted by Gasteiger charge is -2.38. The van der Waals surface area contributed by atoms with Crippen LogP contribution in [-0.2, 0) is 14.3 Å². The van der Waals surface area contributed by atoms with Crippen molar-refractivity contribution in [3.63, 3.8) is 0 Å². The zero-order valence-corrected chi connectivity index (χ0v) is 13.8. The Hall–Kier alpha value is -1.25. The molecule has 0 unspecified atom stereocenters. The molecule has 2 fully saturated rings. The SMILES string of the molecule is COCCNC(=O)[C@H]1CN(c2nnc(C)s2)C[C@@H]2OCC[C@@H]21. The van der Waals surface area contributed by atoms with E-state index < -0.39 is 0 Å². The van der Waals surface area contributed by atoms with Gasteiger partial charge in [-0.25, -0.2) is 0 Å².